The Hall–Kier alpha value is -3.40. The molecular weight excluding hydrogens is 339 g/mol. The summed E-state index contributed by atoms with van der Waals surface area (Å²) in [6.45, 7) is -0.669. The first-order valence-corrected chi connectivity index (χ1v) is 7.86. The standard InChI is InChI=1S/C19H17FN2O4/c20-15-7-9-17(10-8-15)25-14-19(24)26-13-18(23)22(12-4-11-21)16-5-2-1-3-6-16/h1-3,5-10H,4,12-14H2. The molecule has 0 radical (unpaired) electrons. The minimum Gasteiger partial charge on any atom is -0.482 e. The molecule has 0 saturated carbocycles. The van der Waals surface area contributed by atoms with Gasteiger partial charge in [0.05, 0.1) is 12.5 Å². The average Bonchev–Trinajstić information content (AvgIpc) is 2.67. The molecule has 2 aromatic carbocycles. The molecule has 0 saturated heterocycles. The van der Waals surface area contributed by atoms with E-state index in [0.29, 0.717) is 11.4 Å². The molecule has 1 amide bonds. The van der Waals surface area contributed by atoms with Crippen LogP contribution in [0.5, 0.6) is 5.75 Å². The van der Waals surface area contributed by atoms with Gasteiger partial charge in [0.2, 0.25) is 0 Å². The molecule has 0 N–H and O–H groups in total. The highest BCUT2D eigenvalue weighted by Gasteiger charge is 2.17. The Balaban J connectivity index is 1.85. The van der Waals surface area contributed by atoms with Crippen LogP contribution in [0, 0.1) is 17.1 Å². The molecule has 26 heavy (non-hydrogen) atoms. The maximum absolute atomic E-state index is 12.8. The summed E-state index contributed by atoms with van der Waals surface area (Å²) in [6, 6.07) is 16.0. The Labute approximate surface area is 150 Å². The zero-order valence-electron chi connectivity index (χ0n) is 13.9. The van der Waals surface area contributed by atoms with Crippen molar-refractivity contribution in [2.75, 3.05) is 24.7 Å². The largest absolute Gasteiger partial charge is 0.482 e. The predicted molar refractivity (Wildman–Crippen MR) is 91.9 cm³/mol. The smallest absolute Gasteiger partial charge is 0.344 e. The van der Waals surface area contributed by atoms with Gasteiger partial charge in [-0.1, -0.05) is 18.2 Å². The van der Waals surface area contributed by atoms with E-state index in [0.717, 1.165) is 0 Å². The maximum Gasteiger partial charge on any atom is 0.344 e. The van der Waals surface area contributed by atoms with Crippen molar-refractivity contribution in [3.05, 3.63) is 60.4 Å². The second-order valence-corrected chi connectivity index (χ2v) is 5.19. The Morgan fingerprint density at radius 2 is 1.73 bits per heavy atom. The number of ether oxygens (including phenoxy) is 2. The second kappa shape index (κ2) is 9.79. The highest BCUT2D eigenvalue weighted by molar-refractivity contribution is 5.95. The van der Waals surface area contributed by atoms with E-state index in [1.165, 1.54) is 29.2 Å². The molecule has 0 aliphatic rings. The number of benzene rings is 2. The van der Waals surface area contributed by atoms with Crippen molar-refractivity contribution in [1.29, 1.82) is 5.26 Å². The SMILES string of the molecule is N#CCCN(C(=O)COC(=O)COc1ccc(F)cc1)c1ccccc1. The molecule has 2 rings (SSSR count). The van der Waals surface area contributed by atoms with Gasteiger partial charge >= 0.3 is 5.97 Å². The second-order valence-electron chi connectivity index (χ2n) is 5.19. The van der Waals surface area contributed by atoms with Gasteiger partial charge in [-0.05, 0) is 36.4 Å². The van der Waals surface area contributed by atoms with Gasteiger partial charge in [0.25, 0.3) is 5.91 Å². The van der Waals surface area contributed by atoms with Gasteiger partial charge in [-0.3, -0.25) is 4.79 Å². The van der Waals surface area contributed by atoms with E-state index in [9.17, 15) is 14.0 Å². The van der Waals surface area contributed by atoms with Crippen LogP contribution in [0.3, 0.4) is 0 Å². The number of para-hydroxylation sites is 1. The summed E-state index contributed by atoms with van der Waals surface area (Å²) in [5.74, 6) is -1.27. The van der Waals surface area contributed by atoms with Crippen LogP contribution in [-0.2, 0) is 14.3 Å². The van der Waals surface area contributed by atoms with E-state index in [-0.39, 0.29) is 13.0 Å². The van der Waals surface area contributed by atoms with Crippen molar-refractivity contribution >= 4 is 17.6 Å². The molecule has 0 heterocycles. The molecule has 0 bridgehead atoms. The fourth-order valence-electron chi connectivity index (χ4n) is 2.10. The van der Waals surface area contributed by atoms with Crippen molar-refractivity contribution in [3.63, 3.8) is 0 Å². The van der Waals surface area contributed by atoms with E-state index < -0.39 is 30.9 Å². The molecule has 0 atom stereocenters. The Kier molecular flexibility index (Phi) is 7.13. The lowest BCUT2D eigenvalue weighted by molar-refractivity contribution is -0.149. The van der Waals surface area contributed by atoms with E-state index in [1.807, 2.05) is 12.1 Å². The number of rotatable bonds is 8. The van der Waals surface area contributed by atoms with Gasteiger partial charge in [0, 0.05) is 12.2 Å². The van der Waals surface area contributed by atoms with Crippen LogP contribution in [0.25, 0.3) is 0 Å². The van der Waals surface area contributed by atoms with Crippen molar-refractivity contribution < 1.29 is 23.5 Å². The lowest BCUT2D eigenvalue weighted by Crippen LogP contribution is -2.36. The zero-order valence-corrected chi connectivity index (χ0v) is 13.9. The normalized spacial score (nSPS) is 9.85. The first-order valence-electron chi connectivity index (χ1n) is 7.86. The Morgan fingerprint density at radius 1 is 1.04 bits per heavy atom. The first-order chi connectivity index (χ1) is 12.6. The number of amides is 1. The van der Waals surface area contributed by atoms with E-state index >= 15 is 0 Å². The highest BCUT2D eigenvalue weighted by atomic mass is 19.1. The third kappa shape index (κ3) is 5.91. The van der Waals surface area contributed by atoms with Gasteiger partial charge in [0.15, 0.2) is 13.2 Å². The average molecular weight is 356 g/mol. The number of halogens is 1. The van der Waals surface area contributed by atoms with Crippen LogP contribution >= 0.6 is 0 Å². The third-order valence-corrected chi connectivity index (χ3v) is 3.34. The van der Waals surface area contributed by atoms with Gasteiger partial charge in [-0.25, -0.2) is 9.18 Å². The summed E-state index contributed by atoms with van der Waals surface area (Å²) < 4.78 is 22.9. The lowest BCUT2D eigenvalue weighted by Gasteiger charge is -2.21. The van der Waals surface area contributed by atoms with Gasteiger partial charge < -0.3 is 14.4 Å². The van der Waals surface area contributed by atoms with Crippen molar-refractivity contribution in [2.45, 2.75) is 6.42 Å². The van der Waals surface area contributed by atoms with Crippen LogP contribution in [0.2, 0.25) is 0 Å². The molecule has 0 fully saturated rings. The molecule has 0 aliphatic carbocycles. The quantitative estimate of drug-likeness (QED) is 0.680. The van der Waals surface area contributed by atoms with Crippen LogP contribution in [-0.4, -0.2) is 31.6 Å². The van der Waals surface area contributed by atoms with Crippen molar-refractivity contribution in [1.82, 2.24) is 0 Å². The van der Waals surface area contributed by atoms with Crippen LogP contribution in [0.15, 0.2) is 54.6 Å². The Bertz CT molecular complexity index is 772. The molecule has 7 heteroatoms. The number of carbonyl (C=O) groups is 2. The first kappa shape index (κ1) is 18.9. The number of carbonyl (C=O) groups excluding carboxylic acids is 2. The van der Waals surface area contributed by atoms with Crippen LogP contribution < -0.4 is 9.64 Å². The summed E-state index contributed by atoms with van der Waals surface area (Å²) >= 11 is 0. The molecule has 0 aromatic heterocycles. The summed E-state index contributed by atoms with van der Waals surface area (Å²) in [5.41, 5.74) is 0.617. The molecular formula is C19H17FN2O4. The molecule has 0 aliphatic heterocycles. The number of hydrogen-bond donors (Lipinski definition) is 0. The van der Waals surface area contributed by atoms with Crippen LogP contribution in [0.1, 0.15) is 6.42 Å². The number of nitriles is 1. The van der Waals surface area contributed by atoms with Gasteiger partial charge in [-0.2, -0.15) is 5.26 Å². The van der Waals surface area contributed by atoms with Crippen molar-refractivity contribution in [2.24, 2.45) is 0 Å². The molecule has 2 aromatic rings. The number of anilines is 1. The summed E-state index contributed by atoms with van der Waals surface area (Å²) in [4.78, 5) is 25.4. The zero-order chi connectivity index (χ0) is 18.8. The molecule has 0 spiro atoms. The van der Waals surface area contributed by atoms with E-state index in [4.69, 9.17) is 14.7 Å². The topological polar surface area (TPSA) is 79.6 Å². The number of nitrogens with zero attached hydrogens (tertiary/aromatic N) is 2. The summed E-state index contributed by atoms with van der Waals surface area (Å²) in [6.07, 6.45) is 0.155. The minimum absolute atomic E-state index is 0.155. The maximum atomic E-state index is 12.8. The van der Waals surface area contributed by atoms with Gasteiger partial charge in [-0.15, -0.1) is 0 Å². The summed E-state index contributed by atoms with van der Waals surface area (Å²) in [5, 5.41) is 8.74. The third-order valence-electron chi connectivity index (χ3n) is 3.34. The van der Waals surface area contributed by atoms with E-state index in [2.05, 4.69) is 0 Å². The molecule has 134 valence electrons. The summed E-state index contributed by atoms with van der Waals surface area (Å²) in [7, 11) is 0. The minimum atomic E-state index is -0.726. The fraction of sp³-hybridized carbons (Fsp3) is 0.211. The van der Waals surface area contributed by atoms with E-state index in [1.54, 1.807) is 24.3 Å². The van der Waals surface area contributed by atoms with Gasteiger partial charge in [0.1, 0.15) is 11.6 Å². The monoisotopic (exact) mass is 356 g/mol. The van der Waals surface area contributed by atoms with Crippen molar-refractivity contribution in [3.8, 4) is 11.8 Å². The molecule has 0 unspecified atom stereocenters. The number of esters is 1. The predicted octanol–water partition coefficient (Wildman–Crippen LogP) is 2.69. The lowest BCUT2D eigenvalue weighted by atomic mass is 10.2. The highest BCUT2D eigenvalue weighted by Crippen LogP contribution is 2.14. The Morgan fingerprint density at radius 3 is 2.38 bits per heavy atom. The fourth-order valence-corrected chi connectivity index (χ4v) is 2.10. The van der Waals surface area contributed by atoms with Crippen LogP contribution in [0.4, 0.5) is 10.1 Å². The molecule has 6 nitrogen and oxygen atoms in total. The number of hydrogen-bond acceptors (Lipinski definition) is 5.